The van der Waals surface area contributed by atoms with E-state index in [1.54, 1.807) is 13.0 Å². The number of aryl methyl sites for hydroxylation is 1. The van der Waals surface area contributed by atoms with Crippen LogP contribution in [0.4, 0.5) is 0 Å². The van der Waals surface area contributed by atoms with Gasteiger partial charge in [-0.25, -0.2) is 14.8 Å². The molecule has 0 saturated carbocycles. The molecule has 0 aliphatic heterocycles. The fourth-order valence-corrected chi connectivity index (χ4v) is 1.36. The maximum absolute atomic E-state index is 11.3. The predicted octanol–water partition coefficient (Wildman–Crippen LogP) is 1.77. The molecule has 1 aromatic heterocycles. The fraction of sp³-hybridized carbons (Fsp3) is 0.545. The van der Waals surface area contributed by atoms with Gasteiger partial charge in [-0.15, -0.1) is 0 Å². The number of nitrogens with zero attached hydrogens (tertiary/aromatic N) is 2. The minimum Gasteiger partial charge on any atom is -0.464 e. The highest BCUT2D eigenvalue weighted by atomic mass is 16.5. The monoisotopic (exact) mass is 208 g/mol. The second-order valence-corrected chi connectivity index (χ2v) is 3.88. The summed E-state index contributed by atoms with van der Waals surface area (Å²) in [6.45, 7) is 5.99. The number of rotatable bonds is 3. The van der Waals surface area contributed by atoms with E-state index in [4.69, 9.17) is 0 Å². The summed E-state index contributed by atoms with van der Waals surface area (Å²) in [4.78, 5) is 19.6. The first-order valence-corrected chi connectivity index (χ1v) is 4.95. The molecule has 0 aliphatic rings. The summed E-state index contributed by atoms with van der Waals surface area (Å²) in [6, 6.07) is 1.69. The largest absolute Gasteiger partial charge is 0.464 e. The highest BCUT2D eigenvalue weighted by Crippen LogP contribution is 2.08. The first-order valence-electron chi connectivity index (χ1n) is 4.95. The first-order chi connectivity index (χ1) is 7.02. The molecular formula is C11H16N2O2. The Hall–Kier alpha value is -1.45. The van der Waals surface area contributed by atoms with Gasteiger partial charge in [0, 0.05) is 5.69 Å². The van der Waals surface area contributed by atoms with Gasteiger partial charge in [-0.1, -0.05) is 13.8 Å². The third kappa shape index (κ3) is 3.31. The van der Waals surface area contributed by atoms with Gasteiger partial charge >= 0.3 is 5.97 Å². The minimum absolute atomic E-state index is 0.334. The Kier molecular flexibility index (Phi) is 3.77. The number of ether oxygens (including phenoxy) is 1. The van der Waals surface area contributed by atoms with Gasteiger partial charge in [0.2, 0.25) is 0 Å². The standard InChI is InChI=1S/C11H16N2O2/c1-7(2)5-9-6-10(11(14)15-4)13-8(3)12-9/h6-7H,5H2,1-4H3. The van der Waals surface area contributed by atoms with E-state index in [9.17, 15) is 4.79 Å². The molecular weight excluding hydrogens is 192 g/mol. The number of hydrogen-bond acceptors (Lipinski definition) is 4. The molecule has 1 heterocycles. The van der Waals surface area contributed by atoms with Crippen molar-refractivity contribution in [2.45, 2.75) is 27.2 Å². The molecule has 0 unspecified atom stereocenters. The van der Waals surface area contributed by atoms with Gasteiger partial charge in [0.1, 0.15) is 5.82 Å². The van der Waals surface area contributed by atoms with E-state index in [0.717, 1.165) is 12.1 Å². The normalized spacial score (nSPS) is 10.5. The molecule has 0 aliphatic carbocycles. The fourth-order valence-electron chi connectivity index (χ4n) is 1.36. The van der Waals surface area contributed by atoms with Crippen molar-refractivity contribution in [3.63, 3.8) is 0 Å². The molecule has 4 nitrogen and oxygen atoms in total. The van der Waals surface area contributed by atoms with Crippen LogP contribution < -0.4 is 0 Å². The quantitative estimate of drug-likeness (QED) is 0.710. The highest BCUT2D eigenvalue weighted by molar-refractivity contribution is 5.87. The van der Waals surface area contributed by atoms with Crippen molar-refractivity contribution in [1.29, 1.82) is 0 Å². The second-order valence-electron chi connectivity index (χ2n) is 3.88. The van der Waals surface area contributed by atoms with Crippen molar-refractivity contribution in [2.75, 3.05) is 7.11 Å². The van der Waals surface area contributed by atoms with Gasteiger partial charge in [-0.3, -0.25) is 0 Å². The smallest absolute Gasteiger partial charge is 0.356 e. The van der Waals surface area contributed by atoms with Crippen molar-refractivity contribution in [3.05, 3.63) is 23.3 Å². The zero-order valence-electron chi connectivity index (χ0n) is 9.57. The van der Waals surface area contributed by atoms with Crippen molar-refractivity contribution < 1.29 is 9.53 Å². The van der Waals surface area contributed by atoms with Crippen LogP contribution in [0.5, 0.6) is 0 Å². The van der Waals surface area contributed by atoms with Crippen LogP contribution in [0.15, 0.2) is 6.07 Å². The summed E-state index contributed by atoms with van der Waals surface area (Å²) in [5, 5.41) is 0. The molecule has 82 valence electrons. The van der Waals surface area contributed by atoms with Crippen LogP contribution >= 0.6 is 0 Å². The van der Waals surface area contributed by atoms with Crippen molar-refractivity contribution in [1.82, 2.24) is 9.97 Å². The number of carbonyl (C=O) groups is 1. The Labute approximate surface area is 89.7 Å². The molecule has 0 spiro atoms. The molecule has 15 heavy (non-hydrogen) atoms. The number of hydrogen-bond donors (Lipinski definition) is 0. The predicted molar refractivity (Wildman–Crippen MR) is 56.7 cm³/mol. The highest BCUT2D eigenvalue weighted by Gasteiger charge is 2.10. The Bertz CT molecular complexity index is 362. The second kappa shape index (κ2) is 4.87. The van der Waals surface area contributed by atoms with Crippen molar-refractivity contribution in [3.8, 4) is 0 Å². The number of esters is 1. The Morgan fingerprint density at radius 2 is 2.13 bits per heavy atom. The summed E-state index contributed by atoms with van der Waals surface area (Å²) in [6.07, 6.45) is 0.841. The third-order valence-electron chi connectivity index (χ3n) is 1.90. The maximum atomic E-state index is 11.3. The zero-order valence-corrected chi connectivity index (χ0v) is 9.57. The summed E-state index contributed by atoms with van der Waals surface area (Å²) >= 11 is 0. The molecule has 0 bridgehead atoms. The molecule has 0 saturated heterocycles. The van der Waals surface area contributed by atoms with E-state index < -0.39 is 5.97 Å². The lowest BCUT2D eigenvalue weighted by atomic mass is 10.1. The Morgan fingerprint density at radius 1 is 1.47 bits per heavy atom. The van der Waals surface area contributed by atoms with Gasteiger partial charge < -0.3 is 4.74 Å². The van der Waals surface area contributed by atoms with Crippen LogP contribution in [0, 0.1) is 12.8 Å². The maximum Gasteiger partial charge on any atom is 0.356 e. The van der Waals surface area contributed by atoms with Crippen LogP contribution in [-0.2, 0) is 11.2 Å². The topological polar surface area (TPSA) is 52.1 Å². The summed E-state index contributed by atoms with van der Waals surface area (Å²) < 4.78 is 4.62. The van der Waals surface area contributed by atoms with E-state index in [0.29, 0.717) is 17.4 Å². The lowest BCUT2D eigenvalue weighted by molar-refractivity contribution is 0.0593. The van der Waals surface area contributed by atoms with E-state index in [1.165, 1.54) is 7.11 Å². The van der Waals surface area contributed by atoms with E-state index in [-0.39, 0.29) is 0 Å². The SMILES string of the molecule is COC(=O)c1cc(CC(C)C)nc(C)n1. The zero-order chi connectivity index (χ0) is 11.4. The average molecular weight is 208 g/mol. The van der Waals surface area contributed by atoms with Gasteiger partial charge in [0.25, 0.3) is 0 Å². The molecule has 0 amide bonds. The van der Waals surface area contributed by atoms with Gasteiger partial charge in [0.05, 0.1) is 7.11 Å². The van der Waals surface area contributed by atoms with Crippen LogP contribution in [0.3, 0.4) is 0 Å². The summed E-state index contributed by atoms with van der Waals surface area (Å²) in [7, 11) is 1.35. The third-order valence-corrected chi connectivity index (χ3v) is 1.90. The molecule has 0 fully saturated rings. The molecule has 0 radical (unpaired) electrons. The summed E-state index contributed by atoms with van der Waals surface area (Å²) in [5.41, 5.74) is 1.22. The Balaban J connectivity index is 2.99. The summed E-state index contributed by atoms with van der Waals surface area (Å²) in [5.74, 6) is 0.698. The van der Waals surface area contributed by atoms with Crippen LogP contribution in [0.25, 0.3) is 0 Å². The first kappa shape index (κ1) is 11.6. The van der Waals surface area contributed by atoms with Crippen molar-refractivity contribution in [2.24, 2.45) is 5.92 Å². The van der Waals surface area contributed by atoms with Gasteiger partial charge in [-0.05, 0) is 25.3 Å². The van der Waals surface area contributed by atoms with E-state index in [2.05, 4.69) is 28.6 Å². The average Bonchev–Trinajstić information content (AvgIpc) is 2.14. The molecule has 1 rings (SSSR count). The van der Waals surface area contributed by atoms with Gasteiger partial charge in [-0.2, -0.15) is 0 Å². The van der Waals surface area contributed by atoms with E-state index >= 15 is 0 Å². The lowest BCUT2D eigenvalue weighted by Gasteiger charge is -2.06. The van der Waals surface area contributed by atoms with Crippen LogP contribution in [0.1, 0.15) is 35.9 Å². The molecule has 0 N–H and O–H groups in total. The van der Waals surface area contributed by atoms with Crippen molar-refractivity contribution >= 4 is 5.97 Å². The van der Waals surface area contributed by atoms with Crippen LogP contribution in [0.2, 0.25) is 0 Å². The lowest BCUT2D eigenvalue weighted by Crippen LogP contribution is -2.09. The van der Waals surface area contributed by atoms with E-state index in [1.807, 2.05) is 0 Å². The minimum atomic E-state index is -0.412. The Morgan fingerprint density at radius 3 is 2.67 bits per heavy atom. The molecule has 0 atom stereocenters. The number of methoxy groups -OCH3 is 1. The molecule has 0 aromatic carbocycles. The molecule has 1 aromatic rings. The number of carbonyl (C=O) groups excluding carboxylic acids is 1. The van der Waals surface area contributed by atoms with Crippen LogP contribution in [-0.4, -0.2) is 23.0 Å². The molecule has 4 heteroatoms. The number of aromatic nitrogens is 2. The van der Waals surface area contributed by atoms with Gasteiger partial charge in [0.15, 0.2) is 5.69 Å².